The number of hydrogen-bond donors (Lipinski definition) is 4. The Balaban J connectivity index is 1.31. The standard InChI is InChI=1S/C27H26Cl2N8O5/c28-19-9-15-12-35(25(40)20-10-16-3-1-2-6-37(16)34-20)8-5-18(15)23(29)22(19)24(39)33-21(26(41)42)11-31-27(32-14-30)36-7-4-17(38)13-36/h1-3,6,9-10,17,21,38H,4-5,7-8,11-13H2,(H,31,32)(H,33,39)(H,41,42)/t17-,21?/m0/s1. The summed E-state index contributed by atoms with van der Waals surface area (Å²) in [7, 11) is 0. The molecule has 0 saturated carbocycles. The molecule has 2 atom stereocenters. The molecule has 42 heavy (non-hydrogen) atoms. The molecule has 4 heterocycles. The minimum absolute atomic E-state index is 0.00353. The Hall–Kier alpha value is -4.38. The first kappa shape index (κ1) is 29.1. The van der Waals surface area contributed by atoms with Crippen molar-refractivity contribution in [3.63, 3.8) is 0 Å². The van der Waals surface area contributed by atoms with E-state index in [0.29, 0.717) is 42.8 Å². The Morgan fingerprint density at radius 3 is 2.71 bits per heavy atom. The first-order chi connectivity index (χ1) is 20.2. The molecule has 3 aromatic rings. The minimum Gasteiger partial charge on any atom is -0.480 e. The second-order valence-corrected chi connectivity index (χ2v) is 10.7. The number of rotatable bonds is 6. The fourth-order valence-corrected chi connectivity index (χ4v) is 5.80. The van der Waals surface area contributed by atoms with Gasteiger partial charge in [0.25, 0.3) is 11.8 Å². The highest BCUT2D eigenvalue weighted by Gasteiger charge is 2.31. The third-order valence-electron chi connectivity index (χ3n) is 7.17. The van der Waals surface area contributed by atoms with Gasteiger partial charge in [-0.25, -0.2) is 14.3 Å². The smallest absolute Gasteiger partial charge is 0.328 e. The van der Waals surface area contributed by atoms with E-state index in [1.165, 1.54) is 0 Å². The predicted molar refractivity (Wildman–Crippen MR) is 152 cm³/mol. The molecule has 2 aliphatic rings. The maximum atomic E-state index is 13.2. The number of guanidine groups is 1. The van der Waals surface area contributed by atoms with Crippen molar-refractivity contribution in [2.75, 3.05) is 26.2 Å². The van der Waals surface area contributed by atoms with Crippen molar-refractivity contribution in [3.8, 4) is 6.19 Å². The average molecular weight is 613 g/mol. The molecular weight excluding hydrogens is 587 g/mol. The molecule has 2 aromatic heterocycles. The zero-order chi connectivity index (χ0) is 30.0. The summed E-state index contributed by atoms with van der Waals surface area (Å²) in [5, 5.41) is 37.8. The lowest BCUT2D eigenvalue weighted by Crippen LogP contribution is -2.45. The van der Waals surface area contributed by atoms with Crippen molar-refractivity contribution < 1.29 is 24.6 Å². The second kappa shape index (κ2) is 12.2. The van der Waals surface area contributed by atoms with Gasteiger partial charge in [-0.05, 0) is 48.2 Å². The lowest BCUT2D eigenvalue weighted by atomic mass is 9.96. The number of benzene rings is 1. The molecule has 4 N–H and O–H groups in total. The third-order valence-corrected chi connectivity index (χ3v) is 7.88. The maximum Gasteiger partial charge on any atom is 0.328 e. The summed E-state index contributed by atoms with van der Waals surface area (Å²) in [4.78, 5) is 45.8. The first-order valence-electron chi connectivity index (χ1n) is 13.1. The van der Waals surface area contributed by atoms with Crippen LogP contribution in [0.25, 0.3) is 5.52 Å². The molecule has 1 unspecified atom stereocenters. The van der Waals surface area contributed by atoms with Gasteiger partial charge in [-0.3, -0.25) is 14.9 Å². The van der Waals surface area contributed by atoms with E-state index in [-0.39, 0.29) is 40.6 Å². The number of likely N-dealkylation sites (tertiary alicyclic amines) is 1. The molecule has 1 saturated heterocycles. The molecule has 5 rings (SSSR count). The molecule has 1 fully saturated rings. The highest BCUT2D eigenvalue weighted by atomic mass is 35.5. The second-order valence-electron chi connectivity index (χ2n) is 9.92. The Kier molecular flexibility index (Phi) is 8.49. The number of pyridine rings is 1. The number of fused-ring (bicyclic) bond motifs is 2. The number of aliphatic imine (C=N–C) groups is 1. The number of β-amino-alcohol motifs (C(OH)–C–C–N with tert-alkyl or cyclic N) is 1. The number of aliphatic carboxylic acids is 1. The number of nitrogens with one attached hydrogen (secondary N) is 2. The van der Waals surface area contributed by atoms with Crippen molar-refractivity contribution in [1.82, 2.24) is 30.0 Å². The summed E-state index contributed by atoms with van der Waals surface area (Å²) in [5.74, 6) is -2.31. The fraction of sp³-hybridized carbons (Fsp3) is 0.333. The molecule has 0 aliphatic carbocycles. The van der Waals surface area contributed by atoms with E-state index in [0.717, 1.165) is 5.52 Å². The number of nitrogens with zero attached hydrogens (tertiary/aromatic N) is 6. The van der Waals surface area contributed by atoms with Crippen molar-refractivity contribution in [2.45, 2.75) is 31.5 Å². The van der Waals surface area contributed by atoms with Gasteiger partial charge in [0.05, 0.1) is 33.8 Å². The molecule has 0 bridgehead atoms. The number of aromatic nitrogens is 2. The zero-order valence-electron chi connectivity index (χ0n) is 22.1. The fourth-order valence-electron chi connectivity index (χ4n) is 5.03. The quantitative estimate of drug-likeness (QED) is 0.139. The predicted octanol–water partition coefficient (Wildman–Crippen LogP) is 1.52. The van der Waals surface area contributed by atoms with Crippen LogP contribution in [-0.2, 0) is 17.8 Å². The summed E-state index contributed by atoms with van der Waals surface area (Å²) < 4.78 is 1.62. The molecule has 13 nitrogen and oxygen atoms in total. The largest absolute Gasteiger partial charge is 0.480 e. The van der Waals surface area contributed by atoms with Crippen LogP contribution in [0.2, 0.25) is 10.0 Å². The van der Waals surface area contributed by atoms with Gasteiger partial charge in [-0.15, -0.1) is 0 Å². The maximum absolute atomic E-state index is 13.2. The van der Waals surface area contributed by atoms with E-state index in [1.54, 1.807) is 38.8 Å². The Morgan fingerprint density at radius 2 is 2.02 bits per heavy atom. The molecule has 2 aliphatic heterocycles. The molecular formula is C27H26Cl2N8O5. The number of nitriles is 1. The topological polar surface area (TPSA) is 176 Å². The van der Waals surface area contributed by atoms with E-state index in [4.69, 9.17) is 28.5 Å². The minimum atomic E-state index is -1.46. The Labute approximate surface area is 249 Å². The number of hydrogen-bond acceptors (Lipinski definition) is 7. The highest BCUT2D eigenvalue weighted by Crippen LogP contribution is 2.35. The number of amides is 2. The number of carbonyl (C=O) groups is 3. The van der Waals surface area contributed by atoms with Gasteiger partial charge in [0, 0.05) is 32.4 Å². The SMILES string of the molecule is N#CNC(=NCC(NC(=O)c1c(Cl)cc2c(c1Cl)CCN(C(=O)c1cc3ccccn3n1)C2)C(=O)O)N1CC[C@H](O)C1. The van der Waals surface area contributed by atoms with Crippen LogP contribution in [0.5, 0.6) is 0 Å². The molecule has 15 heteroatoms. The summed E-state index contributed by atoms with van der Waals surface area (Å²) in [6.45, 7) is 0.809. The van der Waals surface area contributed by atoms with Crippen molar-refractivity contribution in [1.29, 1.82) is 5.26 Å². The van der Waals surface area contributed by atoms with Gasteiger partial charge in [0.2, 0.25) is 5.96 Å². The van der Waals surface area contributed by atoms with Crippen molar-refractivity contribution in [2.24, 2.45) is 4.99 Å². The van der Waals surface area contributed by atoms with Crippen LogP contribution in [0.15, 0.2) is 41.5 Å². The van der Waals surface area contributed by atoms with Gasteiger partial charge in [0.15, 0.2) is 11.9 Å². The van der Waals surface area contributed by atoms with Crippen LogP contribution in [0, 0.1) is 11.5 Å². The molecule has 218 valence electrons. The van der Waals surface area contributed by atoms with Gasteiger partial charge in [0.1, 0.15) is 6.04 Å². The van der Waals surface area contributed by atoms with Gasteiger partial charge in [-0.1, -0.05) is 29.3 Å². The molecule has 2 amide bonds. The number of aliphatic hydroxyl groups is 1. The van der Waals surface area contributed by atoms with Gasteiger partial charge >= 0.3 is 5.97 Å². The summed E-state index contributed by atoms with van der Waals surface area (Å²) in [5.41, 5.74) is 2.32. The Bertz CT molecular complexity index is 1600. The highest BCUT2D eigenvalue weighted by molar-refractivity contribution is 6.40. The summed E-state index contributed by atoms with van der Waals surface area (Å²) in [6, 6.07) is 7.34. The van der Waals surface area contributed by atoms with Crippen LogP contribution < -0.4 is 10.6 Å². The van der Waals surface area contributed by atoms with Gasteiger partial charge < -0.3 is 25.3 Å². The van der Waals surface area contributed by atoms with Crippen LogP contribution in [0.3, 0.4) is 0 Å². The third kappa shape index (κ3) is 5.96. The number of carboxylic acids is 1. The molecule has 0 radical (unpaired) electrons. The molecule has 1 aromatic carbocycles. The summed E-state index contributed by atoms with van der Waals surface area (Å²) >= 11 is 13.1. The number of carbonyl (C=O) groups excluding carboxylic acids is 2. The number of aliphatic hydroxyl groups excluding tert-OH is 1. The van der Waals surface area contributed by atoms with E-state index in [2.05, 4.69) is 20.7 Å². The van der Waals surface area contributed by atoms with E-state index in [1.807, 2.05) is 18.2 Å². The number of carboxylic acid groups (broad SMARTS) is 1. The van der Waals surface area contributed by atoms with E-state index < -0.39 is 30.6 Å². The molecule has 0 spiro atoms. The van der Waals surface area contributed by atoms with Crippen molar-refractivity contribution >= 4 is 52.5 Å². The van der Waals surface area contributed by atoms with E-state index >= 15 is 0 Å². The van der Waals surface area contributed by atoms with Crippen LogP contribution in [0.4, 0.5) is 0 Å². The average Bonchev–Trinajstić information content (AvgIpc) is 3.60. The van der Waals surface area contributed by atoms with Crippen molar-refractivity contribution in [3.05, 3.63) is 69.0 Å². The van der Waals surface area contributed by atoms with Crippen LogP contribution in [-0.4, -0.2) is 91.7 Å². The zero-order valence-corrected chi connectivity index (χ0v) is 23.6. The Morgan fingerprint density at radius 1 is 1.21 bits per heavy atom. The lowest BCUT2D eigenvalue weighted by molar-refractivity contribution is -0.138. The van der Waals surface area contributed by atoms with Crippen LogP contribution >= 0.6 is 23.2 Å². The van der Waals surface area contributed by atoms with E-state index in [9.17, 15) is 24.6 Å². The summed E-state index contributed by atoms with van der Waals surface area (Å²) in [6.07, 6.45) is 3.74. The monoisotopic (exact) mass is 612 g/mol. The normalized spacial score (nSPS) is 17.5. The first-order valence-corrected chi connectivity index (χ1v) is 13.8. The van der Waals surface area contributed by atoms with Gasteiger partial charge in [-0.2, -0.15) is 10.4 Å². The lowest BCUT2D eigenvalue weighted by Gasteiger charge is -2.30. The van der Waals surface area contributed by atoms with Crippen LogP contribution in [0.1, 0.15) is 38.4 Å². The number of halogens is 2.